The highest BCUT2D eigenvalue weighted by Crippen LogP contribution is 2.33. The van der Waals surface area contributed by atoms with Gasteiger partial charge in [-0.1, -0.05) is 35.5 Å². The lowest BCUT2D eigenvalue weighted by Crippen LogP contribution is -2.16. The van der Waals surface area contributed by atoms with Crippen LogP contribution in [0.15, 0.2) is 53.7 Å². The molecule has 0 aliphatic rings. The van der Waals surface area contributed by atoms with Gasteiger partial charge in [0.2, 0.25) is 10.0 Å². The van der Waals surface area contributed by atoms with E-state index in [9.17, 15) is 8.42 Å². The summed E-state index contributed by atoms with van der Waals surface area (Å²) >= 11 is 7.44. The standard InChI is InChI=1S/C18H19ClN4O3S2/c1-26-16-6-3-2-5-15(16)17-21-22-18(27-11-4-12-28(20,24)25)23(17)14-9-7-13(19)8-10-14/h2-3,5-10H,4,11-12H2,1H3,(H2,20,24,25). The molecule has 0 fully saturated rings. The number of nitrogens with two attached hydrogens (primary N) is 1. The maximum atomic E-state index is 11.1. The summed E-state index contributed by atoms with van der Waals surface area (Å²) in [5, 5.41) is 15.0. The molecule has 0 unspecified atom stereocenters. The van der Waals surface area contributed by atoms with Gasteiger partial charge >= 0.3 is 0 Å². The van der Waals surface area contributed by atoms with Crippen LogP contribution < -0.4 is 9.88 Å². The van der Waals surface area contributed by atoms with Crippen LogP contribution in [-0.2, 0) is 10.0 Å². The number of ether oxygens (including phenoxy) is 1. The van der Waals surface area contributed by atoms with Gasteiger partial charge in [0.25, 0.3) is 0 Å². The van der Waals surface area contributed by atoms with Crippen molar-refractivity contribution < 1.29 is 13.2 Å². The number of thioether (sulfide) groups is 1. The van der Waals surface area contributed by atoms with Gasteiger partial charge in [0, 0.05) is 16.5 Å². The number of nitrogens with zero attached hydrogens (tertiary/aromatic N) is 3. The molecule has 3 aromatic rings. The van der Waals surface area contributed by atoms with E-state index in [-0.39, 0.29) is 5.75 Å². The topological polar surface area (TPSA) is 100 Å². The van der Waals surface area contributed by atoms with E-state index in [1.54, 1.807) is 19.2 Å². The van der Waals surface area contributed by atoms with Gasteiger partial charge in [-0.3, -0.25) is 4.57 Å². The maximum absolute atomic E-state index is 11.1. The lowest BCUT2D eigenvalue weighted by molar-refractivity contribution is 0.416. The normalized spacial score (nSPS) is 11.5. The summed E-state index contributed by atoms with van der Waals surface area (Å²) in [6.45, 7) is 0. The molecule has 0 saturated carbocycles. The number of hydrogen-bond donors (Lipinski definition) is 1. The summed E-state index contributed by atoms with van der Waals surface area (Å²) in [6, 6.07) is 14.9. The molecule has 0 aliphatic carbocycles. The molecule has 0 aliphatic heterocycles. The van der Waals surface area contributed by atoms with Crippen LogP contribution >= 0.6 is 23.4 Å². The molecule has 148 valence electrons. The van der Waals surface area contributed by atoms with Crippen LogP contribution in [0.2, 0.25) is 5.02 Å². The summed E-state index contributed by atoms with van der Waals surface area (Å²) in [6.07, 6.45) is 0.418. The van der Waals surface area contributed by atoms with Crippen LogP contribution in [-0.4, -0.2) is 41.8 Å². The molecule has 28 heavy (non-hydrogen) atoms. The minimum Gasteiger partial charge on any atom is -0.496 e. The second kappa shape index (κ2) is 8.95. The minimum atomic E-state index is -3.48. The summed E-state index contributed by atoms with van der Waals surface area (Å²) in [4.78, 5) is 0. The SMILES string of the molecule is COc1ccccc1-c1nnc(SCCCS(N)(=O)=O)n1-c1ccc(Cl)cc1. The van der Waals surface area contributed by atoms with E-state index in [0.29, 0.717) is 33.9 Å². The van der Waals surface area contributed by atoms with E-state index in [0.717, 1.165) is 11.3 Å². The fourth-order valence-electron chi connectivity index (χ4n) is 2.61. The molecule has 7 nitrogen and oxygen atoms in total. The maximum Gasteiger partial charge on any atom is 0.209 e. The Labute approximate surface area is 172 Å². The molecule has 1 heterocycles. The monoisotopic (exact) mass is 438 g/mol. The molecule has 0 bridgehead atoms. The van der Waals surface area contributed by atoms with Gasteiger partial charge in [0.1, 0.15) is 5.75 Å². The van der Waals surface area contributed by atoms with Crippen LogP contribution in [0.1, 0.15) is 6.42 Å². The number of rotatable bonds is 8. The Hall–Kier alpha value is -2.07. The number of halogens is 1. The number of primary sulfonamides is 1. The second-order valence-corrected chi connectivity index (χ2v) is 9.12. The molecule has 3 rings (SSSR count). The molecule has 2 N–H and O–H groups in total. The smallest absolute Gasteiger partial charge is 0.209 e. The van der Waals surface area contributed by atoms with Crippen molar-refractivity contribution >= 4 is 33.4 Å². The fourth-order valence-corrected chi connectivity index (χ4v) is 4.36. The Morgan fingerprint density at radius 3 is 2.54 bits per heavy atom. The number of hydrogen-bond acceptors (Lipinski definition) is 6. The zero-order valence-corrected chi connectivity index (χ0v) is 17.5. The molecule has 10 heteroatoms. The fraction of sp³-hybridized carbons (Fsp3) is 0.222. The highest BCUT2D eigenvalue weighted by Gasteiger charge is 2.19. The van der Waals surface area contributed by atoms with E-state index in [1.807, 2.05) is 41.0 Å². The first-order valence-electron chi connectivity index (χ1n) is 8.37. The Morgan fingerprint density at radius 2 is 1.86 bits per heavy atom. The number of para-hydroxylation sites is 1. The van der Waals surface area contributed by atoms with Gasteiger partial charge in [-0.15, -0.1) is 10.2 Å². The average Bonchev–Trinajstić information content (AvgIpc) is 3.08. The van der Waals surface area contributed by atoms with Crippen molar-refractivity contribution in [2.45, 2.75) is 11.6 Å². The van der Waals surface area contributed by atoms with Gasteiger partial charge in [0.05, 0.1) is 18.4 Å². The first-order chi connectivity index (χ1) is 13.4. The van der Waals surface area contributed by atoms with Crippen molar-refractivity contribution in [2.24, 2.45) is 5.14 Å². The van der Waals surface area contributed by atoms with E-state index >= 15 is 0 Å². The molecule has 0 saturated heterocycles. The number of benzene rings is 2. The summed E-state index contributed by atoms with van der Waals surface area (Å²) in [7, 11) is -1.88. The van der Waals surface area contributed by atoms with Crippen molar-refractivity contribution in [3.8, 4) is 22.8 Å². The predicted octanol–water partition coefficient (Wildman–Crippen LogP) is 3.37. The van der Waals surface area contributed by atoms with Gasteiger partial charge in [-0.25, -0.2) is 13.6 Å². The summed E-state index contributed by atoms with van der Waals surface area (Å²) in [5.74, 6) is 1.76. The van der Waals surface area contributed by atoms with E-state index in [2.05, 4.69) is 10.2 Å². The molecule has 0 atom stereocenters. The van der Waals surface area contributed by atoms with E-state index in [4.69, 9.17) is 21.5 Å². The highest BCUT2D eigenvalue weighted by molar-refractivity contribution is 7.99. The van der Waals surface area contributed by atoms with Crippen LogP contribution in [0.3, 0.4) is 0 Å². The first kappa shape index (κ1) is 20.7. The zero-order valence-electron chi connectivity index (χ0n) is 15.1. The molecule has 0 amide bonds. The lowest BCUT2D eigenvalue weighted by Gasteiger charge is -2.12. The first-order valence-corrected chi connectivity index (χ1v) is 11.4. The minimum absolute atomic E-state index is 0.0750. The largest absolute Gasteiger partial charge is 0.496 e. The number of methoxy groups -OCH3 is 1. The van der Waals surface area contributed by atoms with Crippen LogP contribution in [0.25, 0.3) is 17.1 Å². The van der Waals surface area contributed by atoms with Crippen molar-refractivity contribution in [1.29, 1.82) is 0 Å². The number of sulfonamides is 1. The van der Waals surface area contributed by atoms with Gasteiger partial charge in [0.15, 0.2) is 11.0 Å². The van der Waals surface area contributed by atoms with Crippen LogP contribution in [0, 0.1) is 0 Å². The molecule has 0 spiro atoms. The molecule has 0 radical (unpaired) electrons. The molecule has 1 aromatic heterocycles. The van der Waals surface area contributed by atoms with Gasteiger partial charge in [-0.05, 0) is 42.8 Å². The zero-order chi connectivity index (χ0) is 20.1. The Morgan fingerprint density at radius 1 is 1.14 bits per heavy atom. The summed E-state index contributed by atoms with van der Waals surface area (Å²) < 4.78 is 29.6. The lowest BCUT2D eigenvalue weighted by atomic mass is 10.2. The molecular weight excluding hydrogens is 420 g/mol. The third-order valence-corrected chi connectivity index (χ3v) is 6.00. The average molecular weight is 439 g/mol. The second-order valence-electron chi connectivity index (χ2n) is 5.89. The van der Waals surface area contributed by atoms with E-state index < -0.39 is 10.0 Å². The Bertz CT molecular complexity index is 1050. The van der Waals surface area contributed by atoms with Crippen LogP contribution in [0.5, 0.6) is 5.75 Å². The quantitative estimate of drug-likeness (QED) is 0.427. The summed E-state index contributed by atoms with van der Waals surface area (Å²) in [5.41, 5.74) is 1.63. The van der Waals surface area contributed by atoms with Crippen molar-refractivity contribution in [3.05, 3.63) is 53.6 Å². The van der Waals surface area contributed by atoms with Crippen molar-refractivity contribution in [1.82, 2.24) is 14.8 Å². The van der Waals surface area contributed by atoms with E-state index in [1.165, 1.54) is 11.8 Å². The van der Waals surface area contributed by atoms with Gasteiger partial charge < -0.3 is 4.74 Å². The third-order valence-electron chi connectivity index (χ3n) is 3.87. The number of aromatic nitrogens is 3. The molecular formula is C18H19ClN4O3S2. The van der Waals surface area contributed by atoms with Crippen molar-refractivity contribution in [2.75, 3.05) is 18.6 Å². The van der Waals surface area contributed by atoms with Crippen molar-refractivity contribution in [3.63, 3.8) is 0 Å². The van der Waals surface area contributed by atoms with Crippen LogP contribution in [0.4, 0.5) is 0 Å². The highest BCUT2D eigenvalue weighted by atomic mass is 35.5. The Kier molecular flexibility index (Phi) is 6.61. The predicted molar refractivity (Wildman–Crippen MR) is 112 cm³/mol. The Balaban J connectivity index is 1.99. The molecule has 2 aromatic carbocycles. The van der Waals surface area contributed by atoms with Gasteiger partial charge in [-0.2, -0.15) is 0 Å². The third kappa shape index (κ3) is 5.05.